The standard InChI is InChI=1S/C19H27BrN2O3.ClH/c1-19(2,3)13-8-10-14(11-9-13)25-17(23)12-21-22-18(24)15-6-4-5-7-16(15)20;/h4-7,13-14,21H,8-12H2,1-3H3,(H,22,24);1H. The Morgan fingerprint density at radius 1 is 1.15 bits per heavy atom. The van der Waals surface area contributed by atoms with Crippen LogP contribution in [0.3, 0.4) is 0 Å². The van der Waals surface area contributed by atoms with Crippen molar-refractivity contribution in [1.29, 1.82) is 0 Å². The minimum absolute atomic E-state index is 0. The Bertz CT molecular complexity index is 611. The lowest BCUT2D eigenvalue weighted by molar-refractivity contribution is -0.150. The fraction of sp³-hybridized carbons (Fsp3) is 0.579. The highest BCUT2D eigenvalue weighted by Crippen LogP contribution is 2.38. The highest BCUT2D eigenvalue weighted by molar-refractivity contribution is 9.10. The first-order chi connectivity index (χ1) is 11.8. The Morgan fingerprint density at radius 2 is 1.77 bits per heavy atom. The number of amides is 1. The van der Waals surface area contributed by atoms with Crippen LogP contribution in [0.15, 0.2) is 28.7 Å². The fourth-order valence-electron chi connectivity index (χ4n) is 3.18. The van der Waals surface area contributed by atoms with Crippen LogP contribution in [0, 0.1) is 11.3 Å². The number of carbonyl (C=O) groups is 2. The molecule has 0 atom stereocenters. The molecular formula is C19H28BrClN2O3. The molecule has 1 aliphatic rings. The van der Waals surface area contributed by atoms with Crippen molar-refractivity contribution in [2.45, 2.75) is 52.6 Å². The van der Waals surface area contributed by atoms with E-state index in [-0.39, 0.29) is 36.9 Å². The second-order valence-electron chi connectivity index (χ2n) is 7.62. The number of esters is 1. The molecule has 0 saturated heterocycles. The SMILES string of the molecule is CC(C)(C)C1CCC(OC(=O)CNNC(=O)c2ccccc2Br)CC1.Cl. The monoisotopic (exact) mass is 446 g/mol. The molecule has 1 amide bonds. The number of halogens is 2. The summed E-state index contributed by atoms with van der Waals surface area (Å²) in [5.41, 5.74) is 5.97. The van der Waals surface area contributed by atoms with Gasteiger partial charge in [0.25, 0.3) is 5.91 Å². The third-order valence-corrected chi connectivity index (χ3v) is 5.44. The van der Waals surface area contributed by atoms with Gasteiger partial charge < -0.3 is 4.74 Å². The molecule has 26 heavy (non-hydrogen) atoms. The van der Waals surface area contributed by atoms with Crippen molar-refractivity contribution < 1.29 is 14.3 Å². The van der Waals surface area contributed by atoms with E-state index >= 15 is 0 Å². The van der Waals surface area contributed by atoms with Crippen molar-refractivity contribution in [2.24, 2.45) is 11.3 Å². The van der Waals surface area contributed by atoms with Crippen molar-refractivity contribution in [3.63, 3.8) is 0 Å². The molecular weight excluding hydrogens is 420 g/mol. The molecule has 7 heteroatoms. The molecule has 0 heterocycles. The summed E-state index contributed by atoms with van der Waals surface area (Å²) in [5, 5.41) is 0. The van der Waals surface area contributed by atoms with Crippen molar-refractivity contribution in [3.05, 3.63) is 34.3 Å². The van der Waals surface area contributed by atoms with Crippen molar-refractivity contribution >= 4 is 40.2 Å². The summed E-state index contributed by atoms with van der Waals surface area (Å²) in [5.74, 6) is 0.0433. The Balaban J connectivity index is 0.00000338. The highest BCUT2D eigenvalue weighted by Gasteiger charge is 2.31. The third kappa shape index (κ3) is 6.89. The van der Waals surface area contributed by atoms with Crippen LogP contribution in [-0.2, 0) is 9.53 Å². The first-order valence-electron chi connectivity index (χ1n) is 8.74. The maximum absolute atomic E-state index is 12.0. The van der Waals surface area contributed by atoms with Gasteiger partial charge in [-0.3, -0.25) is 15.0 Å². The van der Waals surface area contributed by atoms with Gasteiger partial charge in [-0.25, -0.2) is 5.43 Å². The predicted octanol–water partition coefficient (Wildman–Crippen LogP) is 4.25. The minimum Gasteiger partial charge on any atom is -0.461 e. The van der Waals surface area contributed by atoms with Gasteiger partial charge in [0.15, 0.2) is 0 Å². The van der Waals surface area contributed by atoms with Gasteiger partial charge in [-0.2, -0.15) is 0 Å². The quantitative estimate of drug-likeness (QED) is 0.523. The van der Waals surface area contributed by atoms with E-state index in [1.54, 1.807) is 18.2 Å². The molecule has 1 aromatic carbocycles. The van der Waals surface area contributed by atoms with Gasteiger partial charge in [-0.05, 0) is 65.1 Å². The number of nitrogens with one attached hydrogen (secondary N) is 2. The Morgan fingerprint density at radius 3 is 2.35 bits per heavy atom. The van der Waals surface area contributed by atoms with Crippen LogP contribution in [0.1, 0.15) is 56.8 Å². The molecule has 1 fully saturated rings. The molecule has 2 rings (SSSR count). The number of hydrazine groups is 1. The average Bonchev–Trinajstić information content (AvgIpc) is 2.54. The Hall–Kier alpha value is -1.11. The van der Waals surface area contributed by atoms with Crippen LogP contribution < -0.4 is 10.9 Å². The number of hydrogen-bond acceptors (Lipinski definition) is 4. The maximum atomic E-state index is 12.0. The molecule has 146 valence electrons. The summed E-state index contributed by atoms with van der Waals surface area (Å²) >= 11 is 3.32. The molecule has 1 aromatic rings. The number of rotatable bonds is 5. The summed E-state index contributed by atoms with van der Waals surface area (Å²) in [6.07, 6.45) is 4.00. The highest BCUT2D eigenvalue weighted by atomic mass is 79.9. The van der Waals surface area contributed by atoms with Gasteiger partial charge in [0.2, 0.25) is 0 Å². The van der Waals surface area contributed by atoms with E-state index in [4.69, 9.17) is 4.74 Å². The van der Waals surface area contributed by atoms with E-state index in [1.165, 1.54) is 0 Å². The lowest BCUT2D eigenvalue weighted by atomic mass is 9.72. The first-order valence-corrected chi connectivity index (χ1v) is 9.54. The predicted molar refractivity (Wildman–Crippen MR) is 108 cm³/mol. The van der Waals surface area contributed by atoms with Crippen LogP contribution in [0.5, 0.6) is 0 Å². The van der Waals surface area contributed by atoms with Crippen LogP contribution in [0.4, 0.5) is 0 Å². The van der Waals surface area contributed by atoms with Crippen LogP contribution in [-0.4, -0.2) is 24.5 Å². The van der Waals surface area contributed by atoms with Crippen molar-refractivity contribution in [2.75, 3.05) is 6.54 Å². The molecule has 2 N–H and O–H groups in total. The van der Waals surface area contributed by atoms with Gasteiger partial charge in [-0.15, -0.1) is 12.4 Å². The molecule has 0 spiro atoms. The molecule has 0 unspecified atom stereocenters. The number of hydrogen-bond donors (Lipinski definition) is 2. The third-order valence-electron chi connectivity index (χ3n) is 4.75. The van der Waals surface area contributed by atoms with Crippen molar-refractivity contribution in [3.8, 4) is 0 Å². The number of benzene rings is 1. The average molecular weight is 448 g/mol. The lowest BCUT2D eigenvalue weighted by Crippen LogP contribution is -2.42. The van der Waals surface area contributed by atoms with Crippen molar-refractivity contribution in [1.82, 2.24) is 10.9 Å². The van der Waals surface area contributed by atoms with Crippen LogP contribution in [0.25, 0.3) is 0 Å². The topological polar surface area (TPSA) is 67.4 Å². The van der Waals surface area contributed by atoms with Gasteiger partial charge in [0.1, 0.15) is 12.6 Å². The molecule has 5 nitrogen and oxygen atoms in total. The summed E-state index contributed by atoms with van der Waals surface area (Å²) in [7, 11) is 0. The Labute approximate surface area is 170 Å². The molecule has 1 aliphatic carbocycles. The zero-order valence-electron chi connectivity index (χ0n) is 15.5. The molecule has 1 saturated carbocycles. The normalized spacial score (nSPS) is 20.0. The Kier molecular flexibility index (Phi) is 9.07. The van der Waals surface area contributed by atoms with Gasteiger partial charge in [0, 0.05) is 4.47 Å². The largest absolute Gasteiger partial charge is 0.461 e. The summed E-state index contributed by atoms with van der Waals surface area (Å²) in [6.45, 7) is 6.75. The van der Waals surface area contributed by atoms with Crippen LogP contribution in [0.2, 0.25) is 0 Å². The lowest BCUT2D eigenvalue weighted by Gasteiger charge is -2.36. The van der Waals surface area contributed by atoms with E-state index in [2.05, 4.69) is 47.6 Å². The summed E-state index contributed by atoms with van der Waals surface area (Å²) in [4.78, 5) is 23.9. The first kappa shape index (κ1) is 22.9. The number of ether oxygens (including phenoxy) is 1. The van der Waals surface area contributed by atoms with Gasteiger partial charge >= 0.3 is 5.97 Å². The minimum atomic E-state index is -0.341. The maximum Gasteiger partial charge on any atom is 0.322 e. The van der Waals surface area contributed by atoms with Gasteiger partial charge in [-0.1, -0.05) is 32.9 Å². The number of carbonyl (C=O) groups excluding carboxylic acids is 2. The van der Waals surface area contributed by atoms with Crippen LogP contribution >= 0.6 is 28.3 Å². The van der Waals surface area contributed by atoms with E-state index < -0.39 is 0 Å². The molecule has 0 radical (unpaired) electrons. The van der Waals surface area contributed by atoms with E-state index in [0.29, 0.717) is 21.4 Å². The zero-order chi connectivity index (χ0) is 18.4. The second kappa shape index (κ2) is 10.3. The molecule has 0 aliphatic heterocycles. The van der Waals surface area contributed by atoms with E-state index in [1.807, 2.05) is 6.07 Å². The van der Waals surface area contributed by atoms with E-state index in [0.717, 1.165) is 25.7 Å². The second-order valence-corrected chi connectivity index (χ2v) is 8.47. The fourth-order valence-corrected chi connectivity index (χ4v) is 3.65. The summed E-state index contributed by atoms with van der Waals surface area (Å²) in [6, 6.07) is 7.10. The summed E-state index contributed by atoms with van der Waals surface area (Å²) < 4.78 is 6.20. The molecule has 0 bridgehead atoms. The zero-order valence-corrected chi connectivity index (χ0v) is 17.9. The van der Waals surface area contributed by atoms with Gasteiger partial charge in [0.05, 0.1) is 5.56 Å². The smallest absolute Gasteiger partial charge is 0.322 e. The van der Waals surface area contributed by atoms with E-state index in [9.17, 15) is 9.59 Å². The molecule has 0 aromatic heterocycles.